The highest BCUT2D eigenvalue weighted by Gasteiger charge is 2.75. The number of imidazole rings is 1. The first-order valence-corrected chi connectivity index (χ1v) is 9.80. The Bertz CT molecular complexity index is 1030. The largest absolute Gasteiger partial charge is 0.433 e. The molecule has 0 radical (unpaired) electrons. The van der Waals surface area contributed by atoms with Gasteiger partial charge in [-0.3, -0.25) is 24.7 Å². The number of amidine groups is 1. The van der Waals surface area contributed by atoms with E-state index in [1.807, 2.05) is 0 Å². The zero-order chi connectivity index (χ0) is 24.9. The van der Waals surface area contributed by atoms with Crippen LogP contribution in [0.5, 0.6) is 0 Å². The van der Waals surface area contributed by atoms with E-state index in [4.69, 9.17) is 43.1 Å². The summed E-state index contributed by atoms with van der Waals surface area (Å²) in [5.41, 5.74) is 5.78. The molecule has 1 saturated heterocycles. The number of rotatable bonds is 5. The van der Waals surface area contributed by atoms with Gasteiger partial charge in [-0.2, -0.15) is 4.99 Å². The molecule has 6 N–H and O–H groups in total. The van der Waals surface area contributed by atoms with Gasteiger partial charge < -0.3 is 39.6 Å². The molecule has 2 aliphatic heterocycles. The third-order valence-electron chi connectivity index (χ3n) is 4.51. The van der Waals surface area contributed by atoms with Crippen LogP contribution >= 0.6 is 23.2 Å². The van der Waals surface area contributed by atoms with Crippen LogP contribution in [-0.2, 0) is 38.5 Å². The number of aliphatic imine (C=N–C) groups is 1. The van der Waals surface area contributed by atoms with Crippen LogP contribution in [0.1, 0.15) is 32.7 Å². The fourth-order valence-corrected chi connectivity index (χ4v) is 3.87. The van der Waals surface area contributed by atoms with Crippen molar-refractivity contribution in [3.63, 3.8) is 0 Å². The number of aromatic nitrogens is 2. The van der Waals surface area contributed by atoms with Gasteiger partial charge in [-0.1, -0.05) is 11.6 Å². The average Bonchev–Trinajstić information content (AvgIpc) is 3.11. The fourth-order valence-electron chi connectivity index (χ4n) is 3.37. The standard InChI is InChI=1S/C16H19Cl2N5O10/c1-5(24)30-11(27)9-14(28,32-6(2)25)15(29,33-7(3)26)12(31-9)23-4-20-8-10(23)21-13(17)22-16(8,18)19/h4,9,11-12,27-29H,19H2,1-3H3,(H,21,22)/t9-,11?,12-,14+,15-,16?/m1/s1. The highest BCUT2D eigenvalue weighted by Crippen LogP contribution is 2.50. The lowest BCUT2D eigenvalue weighted by molar-refractivity contribution is -0.366. The lowest BCUT2D eigenvalue weighted by Crippen LogP contribution is -2.64. The molecular formula is C16H19Cl2N5O10. The number of aliphatic hydroxyl groups excluding tert-OH is 1. The SMILES string of the molecule is CC(=O)OC(O)[C@H]1O[C@@H](n2cnc3c2N=C(Cl)NC3(N)Cl)[C@@](O)(OC(C)=O)[C@@]1(O)OC(C)=O. The van der Waals surface area contributed by atoms with E-state index in [1.165, 1.54) is 0 Å². The summed E-state index contributed by atoms with van der Waals surface area (Å²) in [6.07, 6.45) is -5.55. The molecule has 3 heterocycles. The van der Waals surface area contributed by atoms with Gasteiger partial charge in [0.2, 0.25) is 22.9 Å². The van der Waals surface area contributed by atoms with Crippen LogP contribution in [0.25, 0.3) is 0 Å². The van der Waals surface area contributed by atoms with Crippen LogP contribution in [0.3, 0.4) is 0 Å². The molecular weight excluding hydrogens is 493 g/mol. The number of nitrogens with zero attached hydrogens (tertiary/aromatic N) is 3. The summed E-state index contributed by atoms with van der Waals surface area (Å²) in [6, 6.07) is 0. The van der Waals surface area contributed by atoms with Gasteiger partial charge in [0, 0.05) is 20.8 Å². The third kappa shape index (κ3) is 4.23. The average molecular weight is 512 g/mol. The van der Waals surface area contributed by atoms with E-state index in [0.29, 0.717) is 0 Å². The molecule has 0 aromatic carbocycles. The van der Waals surface area contributed by atoms with Crippen molar-refractivity contribution in [2.75, 3.05) is 0 Å². The van der Waals surface area contributed by atoms with Crippen LogP contribution in [0, 0.1) is 0 Å². The van der Waals surface area contributed by atoms with Crippen molar-refractivity contribution in [1.82, 2.24) is 14.9 Å². The summed E-state index contributed by atoms with van der Waals surface area (Å²) in [7, 11) is 0. The Kier molecular flexibility index (Phi) is 6.35. The summed E-state index contributed by atoms with van der Waals surface area (Å²) in [6.45, 7) is 2.64. The molecule has 0 saturated carbocycles. The molecule has 1 aromatic heterocycles. The van der Waals surface area contributed by atoms with E-state index >= 15 is 0 Å². The molecule has 15 nitrogen and oxygen atoms in total. The number of fused-ring (bicyclic) bond motifs is 1. The van der Waals surface area contributed by atoms with Crippen LogP contribution < -0.4 is 11.1 Å². The molecule has 182 valence electrons. The van der Waals surface area contributed by atoms with Crippen molar-refractivity contribution < 1.29 is 48.7 Å². The van der Waals surface area contributed by atoms with Gasteiger partial charge in [-0.05, 0) is 11.6 Å². The Morgan fingerprint density at radius 1 is 1.21 bits per heavy atom. The van der Waals surface area contributed by atoms with Gasteiger partial charge in [-0.25, -0.2) is 4.98 Å². The second-order valence-corrected chi connectivity index (χ2v) is 8.01. The molecule has 0 bridgehead atoms. The van der Waals surface area contributed by atoms with E-state index in [0.717, 1.165) is 31.7 Å². The van der Waals surface area contributed by atoms with Gasteiger partial charge >= 0.3 is 29.5 Å². The molecule has 0 spiro atoms. The van der Waals surface area contributed by atoms with Crippen molar-refractivity contribution in [3.8, 4) is 0 Å². The van der Waals surface area contributed by atoms with E-state index < -0.39 is 53.2 Å². The lowest BCUT2D eigenvalue weighted by atomic mass is 10.0. The number of nitrogens with two attached hydrogens (primary N) is 1. The van der Waals surface area contributed by atoms with Gasteiger partial charge in [0.1, 0.15) is 5.69 Å². The first-order valence-electron chi connectivity index (χ1n) is 9.04. The molecule has 3 rings (SSSR count). The maximum atomic E-state index is 11.8. The summed E-state index contributed by atoms with van der Waals surface area (Å²) >= 11 is 12.1. The Balaban J connectivity index is 2.21. The predicted octanol–water partition coefficient (Wildman–Crippen LogP) is -1.70. The first-order chi connectivity index (χ1) is 15.1. The summed E-state index contributed by atoms with van der Waals surface area (Å²) in [5, 5.41) is 33.1. The second-order valence-electron chi connectivity index (χ2n) is 7.05. The van der Waals surface area contributed by atoms with Crippen LogP contribution in [-0.4, -0.2) is 72.0 Å². The molecule has 17 heteroatoms. The van der Waals surface area contributed by atoms with E-state index in [1.54, 1.807) is 0 Å². The quantitative estimate of drug-likeness (QED) is 0.0979. The molecule has 2 unspecified atom stereocenters. The van der Waals surface area contributed by atoms with E-state index in [-0.39, 0.29) is 16.8 Å². The van der Waals surface area contributed by atoms with Crippen LogP contribution in [0.15, 0.2) is 11.3 Å². The highest BCUT2D eigenvalue weighted by molar-refractivity contribution is 6.65. The van der Waals surface area contributed by atoms with Gasteiger partial charge in [0.05, 0.1) is 6.33 Å². The topological polar surface area (TPSA) is 217 Å². The van der Waals surface area contributed by atoms with Gasteiger partial charge in [-0.15, -0.1) is 0 Å². The molecule has 0 aliphatic carbocycles. The van der Waals surface area contributed by atoms with Crippen LogP contribution in [0.4, 0.5) is 5.82 Å². The molecule has 1 fully saturated rings. The number of ether oxygens (including phenoxy) is 4. The molecule has 6 atom stereocenters. The van der Waals surface area contributed by atoms with E-state index in [2.05, 4.69) is 20.0 Å². The fraction of sp³-hybridized carbons (Fsp3) is 0.562. The van der Waals surface area contributed by atoms with Crippen molar-refractivity contribution in [3.05, 3.63) is 12.0 Å². The minimum atomic E-state index is -3.30. The molecule has 0 amide bonds. The Morgan fingerprint density at radius 2 is 1.79 bits per heavy atom. The maximum Gasteiger partial charge on any atom is 0.326 e. The van der Waals surface area contributed by atoms with Crippen molar-refractivity contribution >= 4 is 52.2 Å². The van der Waals surface area contributed by atoms with Crippen molar-refractivity contribution in [2.24, 2.45) is 10.7 Å². The minimum Gasteiger partial charge on any atom is -0.433 e. The summed E-state index contributed by atoms with van der Waals surface area (Å²) < 4.78 is 20.7. The summed E-state index contributed by atoms with van der Waals surface area (Å²) in [5.74, 6) is -10.1. The maximum absolute atomic E-state index is 11.8. The van der Waals surface area contributed by atoms with Crippen LogP contribution in [0.2, 0.25) is 0 Å². The third-order valence-corrected chi connectivity index (χ3v) is 4.96. The Labute approximate surface area is 195 Å². The van der Waals surface area contributed by atoms with Crippen molar-refractivity contribution in [1.29, 1.82) is 0 Å². The monoisotopic (exact) mass is 511 g/mol. The second kappa shape index (κ2) is 8.35. The minimum absolute atomic E-state index is 0.123. The normalized spacial score (nSPS) is 33.9. The smallest absolute Gasteiger partial charge is 0.326 e. The highest BCUT2D eigenvalue weighted by atomic mass is 35.5. The van der Waals surface area contributed by atoms with Gasteiger partial charge in [0.25, 0.3) is 0 Å². The number of nitrogens with one attached hydrogen (secondary N) is 1. The lowest BCUT2D eigenvalue weighted by Gasteiger charge is -2.38. The summed E-state index contributed by atoms with van der Waals surface area (Å²) in [4.78, 5) is 42.8. The number of hydrogen-bond acceptors (Lipinski definition) is 14. The zero-order valence-corrected chi connectivity index (χ0v) is 18.7. The number of halogens is 2. The van der Waals surface area contributed by atoms with Gasteiger partial charge in [0.15, 0.2) is 11.9 Å². The first kappa shape index (κ1) is 25.1. The Hall–Kier alpha value is -2.53. The molecule has 1 aromatic rings. The number of hydrogen-bond donors (Lipinski definition) is 5. The zero-order valence-electron chi connectivity index (χ0n) is 17.2. The predicted molar refractivity (Wildman–Crippen MR) is 105 cm³/mol. The molecule has 33 heavy (non-hydrogen) atoms. The Morgan fingerprint density at radius 3 is 2.33 bits per heavy atom. The number of alkyl halides is 1. The van der Waals surface area contributed by atoms with Crippen molar-refractivity contribution in [2.45, 2.75) is 56.1 Å². The number of carbonyl (C=O) groups is 3. The number of aliphatic hydroxyl groups is 3. The number of carbonyl (C=O) groups excluding carboxylic acids is 3. The van der Waals surface area contributed by atoms with E-state index in [9.17, 15) is 29.7 Å². The molecule has 2 aliphatic rings. The number of esters is 3.